The van der Waals surface area contributed by atoms with Gasteiger partial charge >= 0.3 is 5.57 Å². The summed E-state index contributed by atoms with van der Waals surface area (Å²) in [6, 6.07) is 6.99. The number of carbonyl (C=O) groups excluding carboxylic acids is 1. The molecule has 1 amide bonds. The number of anilines is 2. The number of aliphatic hydroxyl groups excluding tert-OH is 1. The summed E-state index contributed by atoms with van der Waals surface area (Å²) < 4.78 is 29.7. The minimum atomic E-state index is -3.82. The molecule has 0 aliphatic carbocycles. The van der Waals surface area contributed by atoms with Crippen molar-refractivity contribution in [1.82, 2.24) is 15.0 Å². The zero-order chi connectivity index (χ0) is 22.7. The number of nitrogens with zero attached hydrogens (tertiary/aromatic N) is 4. The monoisotopic (exact) mass is 461 g/mol. The summed E-state index contributed by atoms with van der Waals surface area (Å²) in [5, 5.41) is 12.6. The van der Waals surface area contributed by atoms with Crippen LogP contribution in [0.3, 0.4) is 0 Å². The van der Waals surface area contributed by atoms with Crippen LogP contribution in [0.2, 0.25) is 0 Å². The van der Waals surface area contributed by atoms with Gasteiger partial charge < -0.3 is 20.1 Å². The van der Waals surface area contributed by atoms with Crippen LogP contribution in [0.4, 0.5) is 20.3 Å². The Balaban J connectivity index is 1.57. The van der Waals surface area contributed by atoms with Gasteiger partial charge in [0.05, 0.1) is 23.6 Å². The molecule has 0 bridgehead atoms. The number of ether oxygens (including phenoxy) is 1. The van der Waals surface area contributed by atoms with Gasteiger partial charge in [0.15, 0.2) is 0 Å². The van der Waals surface area contributed by atoms with E-state index in [1.165, 1.54) is 30.5 Å². The maximum atomic E-state index is 12.8. The van der Waals surface area contributed by atoms with Crippen molar-refractivity contribution in [3.8, 4) is 17.0 Å². The van der Waals surface area contributed by atoms with Crippen molar-refractivity contribution in [2.75, 3.05) is 23.3 Å². The van der Waals surface area contributed by atoms with Crippen molar-refractivity contribution in [3.05, 3.63) is 60.7 Å². The molecule has 0 spiro atoms. The predicted molar refractivity (Wildman–Crippen MR) is 114 cm³/mol. The average Bonchev–Trinajstić information content (AvgIpc) is 3.20. The third-order valence-electron chi connectivity index (χ3n) is 4.78. The number of hydrogen-bond donors (Lipinski definition) is 2. The predicted octanol–water partition coefficient (Wildman–Crippen LogP) is 3.53. The summed E-state index contributed by atoms with van der Waals surface area (Å²) in [5.74, 6) is 0.000787. The fraction of sp³-hybridized carbons (Fsp3) is 0.238. The number of carbonyl (C=O) groups is 1. The molecule has 0 radical (unpaired) electrons. The van der Waals surface area contributed by atoms with Gasteiger partial charge in [-0.05, 0) is 36.8 Å². The quantitative estimate of drug-likeness (QED) is 0.541. The number of amides is 1. The van der Waals surface area contributed by atoms with Crippen LogP contribution in [0.5, 0.6) is 5.75 Å². The van der Waals surface area contributed by atoms with Gasteiger partial charge in [0.25, 0.3) is 5.91 Å². The molecular weight excluding hydrogens is 444 g/mol. The molecule has 1 fully saturated rings. The van der Waals surface area contributed by atoms with Gasteiger partial charge in [-0.2, -0.15) is 0 Å². The van der Waals surface area contributed by atoms with Crippen LogP contribution >= 0.6 is 11.6 Å². The van der Waals surface area contributed by atoms with Crippen molar-refractivity contribution in [1.29, 1.82) is 0 Å². The molecule has 1 aliphatic rings. The second-order valence-electron chi connectivity index (χ2n) is 7.10. The molecule has 1 saturated heterocycles. The first-order valence-corrected chi connectivity index (χ1v) is 10.0. The van der Waals surface area contributed by atoms with Crippen molar-refractivity contribution < 1.29 is 23.4 Å². The van der Waals surface area contributed by atoms with E-state index in [4.69, 9.17) is 11.6 Å². The van der Waals surface area contributed by atoms with Crippen LogP contribution in [0, 0.1) is 0 Å². The number of benzene rings is 1. The van der Waals surface area contributed by atoms with E-state index >= 15 is 0 Å². The first kappa shape index (κ1) is 21.8. The summed E-state index contributed by atoms with van der Waals surface area (Å²) >= 11 is 4.75. The van der Waals surface area contributed by atoms with Crippen molar-refractivity contribution in [2.24, 2.45) is 0 Å². The summed E-state index contributed by atoms with van der Waals surface area (Å²) in [7, 11) is 0. The lowest BCUT2D eigenvalue weighted by molar-refractivity contribution is -0.0964. The first-order valence-electron chi connectivity index (χ1n) is 9.65. The number of aromatic nitrogens is 3. The molecule has 1 atom stereocenters. The molecule has 3 heterocycles. The second kappa shape index (κ2) is 9.01. The molecule has 2 aromatic heterocycles. The zero-order valence-electron chi connectivity index (χ0n) is 16.6. The summed E-state index contributed by atoms with van der Waals surface area (Å²) in [6.07, 6.45) is 6.26. The first-order chi connectivity index (χ1) is 15.3. The smallest absolute Gasteiger partial charge is 0.420 e. The molecule has 0 saturated carbocycles. The van der Waals surface area contributed by atoms with Crippen LogP contribution in [0.25, 0.3) is 11.3 Å². The van der Waals surface area contributed by atoms with Gasteiger partial charge in [-0.25, -0.2) is 4.98 Å². The minimum Gasteiger partial charge on any atom is -0.420 e. The molecule has 8 nitrogen and oxygen atoms in total. The van der Waals surface area contributed by atoms with E-state index < -0.39 is 17.6 Å². The lowest BCUT2D eigenvalue weighted by Gasteiger charge is -2.20. The van der Waals surface area contributed by atoms with E-state index in [0.717, 1.165) is 0 Å². The Morgan fingerprint density at radius 1 is 1.22 bits per heavy atom. The standard InChI is InChI=1S/C21H18ClF2N5O3/c22-21(23,24)32-16-3-1-14(2-4-16)28-20(31)13-9-17(18-11-25-6-7-26-18)19(27-10-13)29-8-5-15(30)12-29/h1-4,6-7,9-11,15,30H,5,8,12H2,(H,28,31)/t15-/m1/s1. The van der Waals surface area contributed by atoms with Crippen LogP contribution in [0.15, 0.2) is 55.1 Å². The molecule has 2 N–H and O–H groups in total. The van der Waals surface area contributed by atoms with Gasteiger partial charge in [-0.15, -0.1) is 8.78 Å². The molecule has 11 heteroatoms. The van der Waals surface area contributed by atoms with Gasteiger partial charge in [0.2, 0.25) is 0 Å². The van der Waals surface area contributed by atoms with E-state index in [1.54, 1.807) is 24.7 Å². The highest BCUT2D eigenvalue weighted by Crippen LogP contribution is 2.31. The highest BCUT2D eigenvalue weighted by molar-refractivity contribution is 6.20. The average molecular weight is 462 g/mol. The Bertz CT molecular complexity index is 1100. The normalized spacial score (nSPS) is 16.1. The number of rotatable bonds is 6. The Hall–Kier alpha value is -3.37. The van der Waals surface area contributed by atoms with Crippen LogP contribution in [-0.4, -0.2) is 50.7 Å². The lowest BCUT2D eigenvalue weighted by atomic mass is 10.1. The third kappa shape index (κ3) is 5.27. The Morgan fingerprint density at radius 3 is 2.62 bits per heavy atom. The van der Waals surface area contributed by atoms with E-state index in [-0.39, 0.29) is 11.3 Å². The molecule has 4 rings (SSSR count). The van der Waals surface area contributed by atoms with Crippen LogP contribution < -0.4 is 15.0 Å². The van der Waals surface area contributed by atoms with Gasteiger partial charge in [0.1, 0.15) is 11.6 Å². The van der Waals surface area contributed by atoms with Gasteiger partial charge in [-0.3, -0.25) is 14.8 Å². The highest BCUT2D eigenvalue weighted by Gasteiger charge is 2.28. The van der Waals surface area contributed by atoms with E-state index in [9.17, 15) is 18.7 Å². The Labute approximate surface area is 186 Å². The minimum absolute atomic E-state index is 0.147. The number of alkyl halides is 3. The fourth-order valence-corrected chi connectivity index (χ4v) is 3.43. The number of aliphatic hydroxyl groups is 1. The topological polar surface area (TPSA) is 100 Å². The highest BCUT2D eigenvalue weighted by atomic mass is 35.5. The fourth-order valence-electron chi connectivity index (χ4n) is 3.34. The van der Waals surface area contributed by atoms with E-state index in [2.05, 4.69) is 25.0 Å². The van der Waals surface area contributed by atoms with E-state index in [1.807, 2.05) is 4.90 Å². The van der Waals surface area contributed by atoms with Gasteiger partial charge in [-0.1, -0.05) is 0 Å². The number of halogens is 3. The summed E-state index contributed by atoms with van der Waals surface area (Å²) in [6.45, 7) is 1.06. The summed E-state index contributed by atoms with van der Waals surface area (Å²) in [4.78, 5) is 27.6. The molecule has 32 heavy (non-hydrogen) atoms. The number of nitrogens with one attached hydrogen (secondary N) is 1. The maximum Gasteiger partial charge on any atom is 0.487 e. The Kier molecular flexibility index (Phi) is 6.15. The second-order valence-corrected chi connectivity index (χ2v) is 7.54. The molecule has 1 aliphatic heterocycles. The van der Waals surface area contributed by atoms with Gasteiger partial charge in [0, 0.05) is 54.5 Å². The molecule has 0 unspecified atom stereocenters. The van der Waals surface area contributed by atoms with Crippen LogP contribution in [0.1, 0.15) is 16.8 Å². The van der Waals surface area contributed by atoms with Crippen molar-refractivity contribution in [2.45, 2.75) is 18.1 Å². The SMILES string of the molecule is O=C(Nc1ccc(OC(F)(F)Cl)cc1)c1cnc(N2CC[C@@H](O)C2)c(-c2cnccn2)c1. The van der Waals surface area contributed by atoms with Crippen molar-refractivity contribution >= 4 is 29.0 Å². The third-order valence-corrected chi connectivity index (χ3v) is 4.85. The number of β-amino-alcohol motifs (C(OH)–C–C–N with tert-alkyl or cyclic N) is 1. The number of pyridine rings is 1. The maximum absolute atomic E-state index is 12.8. The summed E-state index contributed by atoms with van der Waals surface area (Å²) in [5.41, 5.74) is -2.04. The molecule has 1 aromatic carbocycles. The zero-order valence-corrected chi connectivity index (χ0v) is 17.3. The molecule has 3 aromatic rings. The van der Waals surface area contributed by atoms with Crippen molar-refractivity contribution in [3.63, 3.8) is 0 Å². The molecule has 166 valence electrons. The van der Waals surface area contributed by atoms with E-state index in [0.29, 0.717) is 42.3 Å². The Morgan fingerprint density at radius 2 is 2.00 bits per heavy atom. The molecular formula is C21H18ClF2N5O3. The number of hydrogen-bond acceptors (Lipinski definition) is 7. The van der Waals surface area contributed by atoms with Crippen LogP contribution in [-0.2, 0) is 0 Å². The lowest BCUT2D eigenvalue weighted by Crippen LogP contribution is -2.23. The largest absolute Gasteiger partial charge is 0.487 e.